The maximum atomic E-state index is 13.0. The molecule has 1 aliphatic carbocycles. The summed E-state index contributed by atoms with van der Waals surface area (Å²) >= 11 is 6.88. The molecule has 0 spiro atoms. The number of imide groups is 1. The zero-order valence-corrected chi connectivity index (χ0v) is 20.2. The summed E-state index contributed by atoms with van der Waals surface area (Å²) in [7, 11) is 0. The first kappa shape index (κ1) is 22.9. The van der Waals surface area contributed by atoms with E-state index < -0.39 is 6.04 Å². The lowest BCUT2D eigenvalue weighted by Crippen LogP contribution is -2.52. The highest BCUT2D eigenvalue weighted by atomic mass is 35.5. The van der Waals surface area contributed by atoms with Crippen molar-refractivity contribution in [3.05, 3.63) is 33.8 Å². The molecule has 1 atom stereocenters. The second-order valence-corrected chi connectivity index (χ2v) is 11.0. The fourth-order valence-electron chi connectivity index (χ4n) is 6.24. The van der Waals surface area contributed by atoms with E-state index in [1.54, 1.807) is 4.90 Å². The van der Waals surface area contributed by atoms with Crippen LogP contribution in [0.15, 0.2) is 12.1 Å². The monoisotopic (exact) mass is 471 g/mol. The van der Waals surface area contributed by atoms with Gasteiger partial charge in [0.1, 0.15) is 6.04 Å². The maximum Gasteiger partial charge on any atom is 0.255 e. The first-order valence-electron chi connectivity index (χ1n) is 12.6. The second-order valence-electron chi connectivity index (χ2n) is 10.6. The van der Waals surface area contributed by atoms with Crippen LogP contribution in [0.5, 0.6) is 0 Å². The Morgan fingerprint density at radius 2 is 1.73 bits per heavy atom. The Morgan fingerprint density at radius 1 is 1.00 bits per heavy atom. The first-order chi connectivity index (χ1) is 15.9. The number of hydrogen-bond acceptors (Lipinski definition) is 4. The number of likely N-dealkylation sites (tertiary alicyclic amines) is 1. The highest BCUT2D eigenvalue weighted by Gasteiger charge is 2.40. The van der Waals surface area contributed by atoms with Gasteiger partial charge in [-0.25, -0.2) is 0 Å². The minimum Gasteiger partial charge on any atom is -0.322 e. The Morgan fingerprint density at radius 3 is 2.42 bits per heavy atom. The molecular weight excluding hydrogens is 438 g/mol. The van der Waals surface area contributed by atoms with Crippen molar-refractivity contribution >= 4 is 29.3 Å². The number of nitrogens with zero attached hydrogens (tertiary/aromatic N) is 2. The van der Waals surface area contributed by atoms with Gasteiger partial charge in [0.15, 0.2) is 0 Å². The van der Waals surface area contributed by atoms with Gasteiger partial charge in [0.05, 0.1) is 0 Å². The predicted molar refractivity (Wildman–Crippen MR) is 127 cm³/mol. The molecule has 1 aromatic rings. The molecule has 2 saturated heterocycles. The molecule has 0 radical (unpaired) electrons. The lowest BCUT2D eigenvalue weighted by Gasteiger charge is -2.36. The molecule has 178 valence electrons. The van der Waals surface area contributed by atoms with Crippen LogP contribution in [-0.2, 0) is 16.1 Å². The van der Waals surface area contributed by atoms with E-state index in [-0.39, 0.29) is 24.1 Å². The molecule has 3 amide bonds. The third kappa shape index (κ3) is 4.57. The van der Waals surface area contributed by atoms with Crippen LogP contribution >= 0.6 is 11.6 Å². The lowest BCUT2D eigenvalue weighted by molar-refractivity contribution is -0.136. The molecule has 1 saturated carbocycles. The van der Waals surface area contributed by atoms with E-state index >= 15 is 0 Å². The van der Waals surface area contributed by atoms with Crippen LogP contribution in [0.4, 0.5) is 0 Å². The molecule has 1 aromatic carbocycles. The highest BCUT2D eigenvalue weighted by molar-refractivity contribution is 6.33. The average Bonchev–Trinajstić information content (AvgIpc) is 3.13. The van der Waals surface area contributed by atoms with Crippen LogP contribution < -0.4 is 5.32 Å². The molecule has 3 heterocycles. The quantitative estimate of drug-likeness (QED) is 0.671. The van der Waals surface area contributed by atoms with Gasteiger partial charge < -0.3 is 9.80 Å². The molecule has 0 aromatic heterocycles. The van der Waals surface area contributed by atoms with E-state index in [1.165, 1.54) is 32.2 Å². The van der Waals surface area contributed by atoms with E-state index in [1.807, 2.05) is 12.1 Å². The number of fused-ring (bicyclic) bond motifs is 1. The van der Waals surface area contributed by atoms with Gasteiger partial charge >= 0.3 is 0 Å². The Hall–Kier alpha value is -1.92. The van der Waals surface area contributed by atoms with E-state index in [0.29, 0.717) is 29.5 Å². The number of carbonyl (C=O) groups excluding carboxylic acids is 3. The molecule has 7 heteroatoms. The molecule has 1 unspecified atom stereocenters. The summed E-state index contributed by atoms with van der Waals surface area (Å²) in [5.74, 6) is 1.33. The summed E-state index contributed by atoms with van der Waals surface area (Å²) < 4.78 is 0. The summed E-state index contributed by atoms with van der Waals surface area (Å²) in [5.41, 5.74) is 2.57. The van der Waals surface area contributed by atoms with Crippen molar-refractivity contribution in [1.82, 2.24) is 15.1 Å². The standard InChI is InChI=1S/C26H34ClN3O3/c1-16-2-4-17(5-3-16)14-29-12-10-18(11-13-29)19-6-7-20-21(24(19)27)15-30(26(20)33)22-8-9-23(31)28-25(22)32/h6-7,16-18,22H,2-5,8-15H2,1H3,(H,28,31,32). The summed E-state index contributed by atoms with van der Waals surface area (Å²) in [6, 6.07) is 3.31. The normalized spacial score (nSPS) is 29.3. The van der Waals surface area contributed by atoms with Crippen molar-refractivity contribution < 1.29 is 14.4 Å². The maximum absolute atomic E-state index is 13.0. The molecular formula is C26H34ClN3O3. The summed E-state index contributed by atoms with van der Waals surface area (Å²) in [4.78, 5) is 41.0. The number of benzene rings is 1. The smallest absolute Gasteiger partial charge is 0.255 e. The fourth-order valence-corrected chi connectivity index (χ4v) is 6.62. The van der Waals surface area contributed by atoms with Crippen LogP contribution in [0, 0.1) is 11.8 Å². The Labute approximate surface area is 201 Å². The molecule has 33 heavy (non-hydrogen) atoms. The van der Waals surface area contributed by atoms with Gasteiger partial charge in [-0.15, -0.1) is 0 Å². The van der Waals surface area contributed by atoms with Crippen LogP contribution in [-0.4, -0.2) is 53.2 Å². The molecule has 4 aliphatic rings. The van der Waals surface area contributed by atoms with Crippen molar-refractivity contribution in [3.8, 4) is 0 Å². The Kier molecular flexibility index (Phi) is 6.49. The van der Waals surface area contributed by atoms with Gasteiger partial charge in [0.2, 0.25) is 11.8 Å². The number of hydrogen-bond donors (Lipinski definition) is 1. The van der Waals surface area contributed by atoms with Crippen molar-refractivity contribution in [2.45, 2.75) is 76.8 Å². The summed E-state index contributed by atoms with van der Waals surface area (Å²) in [6.45, 7) is 6.15. The molecule has 0 bridgehead atoms. The van der Waals surface area contributed by atoms with Crippen LogP contribution in [0.2, 0.25) is 5.02 Å². The van der Waals surface area contributed by atoms with Gasteiger partial charge in [-0.05, 0) is 74.6 Å². The second kappa shape index (κ2) is 9.38. The van der Waals surface area contributed by atoms with Crippen LogP contribution in [0.25, 0.3) is 0 Å². The van der Waals surface area contributed by atoms with E-state index in [9.17, 15) is 14.4 Å². The van der Waals surface area contributed by atoms with Crippen LogP contribution in [0.3, 0.4) is 0 Å². The molecule has 6 nitrogen and oxygen atoms in total. The zero-order chi connectivity index (χ0) is 23.1. The van der Waals surface area contributed by atoms with Crippen molar-refractivity contribution in [2.75, 3.05) is 19.6 Å². The predicted octanol–water partition coefficient (Wildman–Crippen LogP) is 4.11. The van der Waals surface area contributed by atoms with Crippen molar-refractivity contribution in [1.29, 1.82) is 0 Å². The average molecular weight is 472 g/mol. The molecule has 3 aliphatic heterocycles. The van der Waals surface area contributed by atoms with Crippen molar-refractivity contribution in [2.24, 2.45) is 11.8 Å². The molecule has 5 rings (SSSR count). The minimum atomic E-state index is -0.604. The Bertz CT molecular complexity index is 948. The van der Waals surface area contributed by atoms with Gasteiger partial charge in [-0.2, -0.15) is 0 Å². The lowest BCUT2D eigenvalue weighted by atomic mass is 9.82. The topological polar surface area (TPSA) is 69.7 Å². The van der Waals surface area contributed by atoms with E-state index in [4.69, 9.17) is 11.6 Å². The Balaban J connectivity index is 1.23. The largest absolute Gasteiger partial charge is 0.322 e. The SMILES string of the molecule is CC1CCC(CN2CCC(c3ccc4c(c3Cl)CN(C3CCC(=O)NC3=O)C4=O)CC2)CC1. The fraction of sp³-hybridized carbons (Fsp3) is 0.654. The third-order valence-corrected chi connectivity index (χ3v) is 8.80. The van der Waals surface area contributed by atoms with Gasteiger partial charge in [-0.1, -0.05) is 37.4 Å². The number of halogens is 1. The number of nitrogens with one attached hydrogen (secondary N) is 1. The number of rotatable bonds is 4. The summed E-state index contributed by atoms with van der Waals surface area (Å²) in [5, 5.41) is 3.05. The number of piperidine rings is 2. The highest BCUT2D eigenvalue weighted by Crippen LogP contribution is 2.40. The number of carbonyl (C=O) groups is 3. The van der Waals surface area contributed by atoms with Gasteiger partial charge in [-0.3, -0.25) is 19.7 Å². The summed E-state index contributed by atoms with van der Waals surface area (Å²) in [6.07, 6.45) is 8.30. The van der Waals surface area contributed by atoms with Crippen LogP contribution in [0.1, 0.15) is 85.7 Å². The number of amides is 3. The minimum absolute atomic E-state index is 0.162. The van der Waals surface area contributed by atoms with Crippen molar-refractivity contribution in [3.63, 3.8) is 0 Å². The molecule has 3 fully saturated rings. The molecule has 1 N–H and O–H groups in total. The van der Waals surface area contributed by atoms with Gasteiger partial charge in [0.25, 0.3) is 5.91 Å². The first-order valence-corrected chi connectivity index (χ1v) is 13.0. The third-order valence-electron chi connectivity index (χ3n) is 8.36. The van der Waals surface area contributed by atoms with E-state index in [0.717, 1.165) is 48.9 Å². The van der Waals surface area contributed by atoms with E-state index in [2.05, 4.69) is 17.1 Å². The van der Waals surface area contributed by atoms with Gasteiger partial charge in [0, 0.05) is 35.7 Å². The zero-order valence-electron chi connectivity index (χ0n) is 19.4.